The standard InChI is InChI=1S/C23H23FN4O2/c24-18-6-2-1-5-17(18)20-8-7-19(25)23(27-20)22(30)12-15-13-26-10-9-21(15)28-11-3-4-16(29)14-28/h1-2,5-10,13,16,29H,3-4,11-12,14,25H2. The second kappa shape index (κ2) is 8.59. The van der Waals surface area contributed by atoms with Crippen LogP contribution in [0.2, 0.25) is 0 Å². The molecular formula is C23H23FN4O2. The highest BCUT2D eigenvalue weighted by Gasteiger charge is 2.22. The number of benzene rings is 1. The Balaban J connectivity index is 1.62. The van der Waals surface area contributed by atoms with Crippen molar-refractivity contribution in [3.05, 3.63) is 71.9 Å². The lowest BCUT2D eigenvalue weighted by molar-refractivity contribution is 0.0989. The molecule has 0 amide bonds. The minimum atomic E-state index is -0.411. The maximum absolute atomic E-state index is 14.2. The molecule has 0 bridgehead atoms. The van der Waals surface area contributed by atoms with E-state index in [0.717, 1.165) is 30.6 Å². The third-order valence-electron chi connectivity index (χ3n) is 5.31. The molecule has 1 fully saturated rings. The largest absolute Gasteiger partial charge is 0.397 e. The van der Waals surface area contributed by atoms with Crippen molar-refractivity contribution in [2.45, 2.75) is 25.4 Å². The quantitative estimate of drug-likeness (QED) is 0.632. The Kier molecular flexibility index (Phi) is 5.72. The number of pyridine rings is 2. The minimum absolute atomic E-state index is 0.0632. The molecule has 4 rings (SSSR count). The number of halogens is 1. The Bertz CT molecular complexity index is 1070. The van der Waals surface area contributed by atoms with Crippen molar-refractivity contribution >= 4 is 17.2 Å². The number of nitrogens with two attached hydrogens (primary N) is 1. The van der Waals surface area contributed by atoms with E-state index in [2.05, 4.69) is 14.9 Å². The fraction of sp³-hybridized carbons (Fsp3) is 0.261. The van der Waals surface area contributed by atoms with E-state index < -0.39 is 5.82 Å². The van der Waals surface area contributed by atoms with Crippen LogP contribution in [0.5, 0.6) is 0 Å². The lowest BCUT2D eigenvalue weighted by Gasteiger charge is -2.33. The molecule has 1 saturated heterocycles. The van der Waals surface area contributed by atoms with Gasteiger partial charge in [-0.25, -0.2) is 9.37 Å². The first-order valence-corrected chi connectivity index (χ1v) is 9.93. The number of carbonyl (C=O) groups excluding carboxylic acids is 1. The van der Waals surface area contributed by atoms with E-state index in [9.17, 15) is 14.3 Å². The van der Waals surface area contributed by atoms with Crippen LogP contribution in [0, 0.1) is 5.82 Å². The fourth-order valence-electron chi connectivity index (χ4n) is 3.81. The molecule has 1 aliphatic heterocycles. The molecular weight excluding hydrogens is 383 g/mol. The number of aliphatic hydroxyl groups is 1. The second-order valence-corrected chi connectivity index (χ2v) is 7.46. The van der Waals surface area contributed by atoms with Gasteiger partial charge in [0.1, 0.15) is 11.5 Å². The smallest absolute Gasteiger partial charge is 0.187 e. The zero-order valence-electron chi connectivity index (χ0n) is 16.5. The van der Waals surface area contributed by atoms with Gasteiger partial charge in [-0.2, -0.15) is 0 Å². The summed E-state index contributed by atoms with van der Waals surface area (Å²) in [6, 6.07) is 11.3. The molecule has 0 radical (unpaired) electrons. The van der Waals surface area contributed by atoms with Gasteiger partial charge in [0.25, 0.3) is 0 Å². The summed E-state index contributed by atoms with van der Waals surface area (Å²) in [6.07, 6.45) is 4.68. The van der Waals surface area contributed by atoms with E-state index in [4.69, 9.17) is 5.73 Å². The summed E-state index contributed by atoms with van der Waals surface area (Å²) < 4.78 is 14.2. The molecule has 0 saturated carbocycles. The van der Waals surface area contributed by atoms with Crippen molar-refractivity contribution < 1.29 is 14.3 Å². The van der Waals surface area contributed by atoms with Gasteiger partial charge in [0, 0.05) is 48.7 Å². The number of anilines is 2. The van der Waals surface area contributed by atoms with Crippen LogP contribution in [0.4, 0.5) is 15.8 Å². The van der Waals surface area contributed by atoms with Gasteiger partial charge in [-0.15, -0.1) is 0 Å². The summed E-state index contributed by atoms with van der Waals surface area (Å²) >= 11 is 0. The van der Waals surface area contributed by atoms with Crippen LogP contribution in [0.3, 0.4) is 0 Å². The monoisotopic (exact) mass is 406 g/mol. The van der Waals surface area contributed by atoms with Gasteiger partial charge in [-0.1, -0.05) is 12.1 Å². The molecule has 0 spiro atoms. The van der Waals surface area contributed by atoms with Crippen LogP contribution >= 0.6 is 0 Å². The van der Waals surface area contributed by atoms with Gasteiger partial charge in [0.2, 0.25) is 0 Å². The number of Topliss-reactive ketones (excluding diaryl/α,β-unsaturated/α-hetero) is 1. The van der Waals surface area contributed by atoms with Crippen LogP contribution in [0.25, 0.3) is 11.3 Å². The fourth-order valence-corrected chi connectivity index (χ4v) is 3.81. The van der Waals surface area contributed by atoms with Crippen molar-refractivity contribution in [3.63, 3.8) is 0 Å². The van der Waals surface area contributed by atoms with Crippen LogP contribution in [0.1, 0.15) is 28.9 Å². The van der Waals surface area contributed by atoms with Crippen molar-refractivity contribution in [3.8, 4) is 11.3 Å². The maximum atomic E-state index is 14.2. The predicted octanol–water partition coefficient (Wildman–Crippen LogP) is 3.25. The second-order valence-electron chi connectivity index (χ2n) is 7.46. The van der Waals surface area contributed by atoms with Crippen LogP contribution in [-0.2, 0) is 6.42 Å². The molecule has 6 nitrogen and oxygen atoms in total. The third kappa shape index (κ3) is 4.16. The summed E-state index contributed by atoms with van der Waals surface area (Å²) in [7, 11) is 0. The van der Waals surface area contributed by atoms with E-state index in [1.807, 2.05) is 6.07 Å². The van der Waals surface area contributed by atoms with Gasteiger partial charge in [-0.05, 0) is 43.2 Å². The van der Waals surface area contributed by atoms with Crippen molar-refractivity contribution in [1.82, 2.24) is 9.97 Å². The number of β-amino-alcohol motifs (C(OH)–C–C–N with tert-alkyl or cyclic N) is 1. The molecule has 3 heterocycles. The SMILES string of the molecule is Nc1ccc(-c2ccccc2F)nc1C(=O)Cc1cnccc1N1CCCC(O)C1. The number of aliphatic hydroxyl groups excluding tert-OH is 1. The van der Waals surface area contributed by atoms with Crippen molar-refractivity contribution in [2.24, 2.45) is 0 Å². The lowest BCUT2D eigenvalue weighted by Crippen LogP contribution is -2.38. The maximum Gasteiger partial charge on any atom is 0.187 e. The Morgan fingerprint density at radius 2 is 2.07 bits per heavy atom. The minimum Gasteiger partial charge on any atom is -0.397 e. The van der Waals surface area contributed by atoms with Gasteiger partial charge >= 0.3 is 0 Å². The number of piperidine rings is 1. The Labute approximate surface area is 174 Å². The Morgan fingerprint density at radius 1 is 1.23 bits per heavy atom. The van der Waals surface area contributed by atoms with E-state index >= 15 is 0 Å². The van der Waals surface area contributed by atoms with E-state index in [-0.39, 0.29) is 29.7 Å². The van der Waals surface area contributed by atoms with Crippen LogP contribution in [-0.4, -0.2) is 40.1 Å². The van der Waals surface area contributed by atoms with Crippen molar-refractivity contribution in [1.29, 1.82) is 0 Å². The van der Waals surface area contributed by atoms with E-state index in [1.165, 1.54) is 6.07 Å². The number of aromatic nitrogens is 2. The molecule has 0 aliphatic carbocycles. The lowest BCUT2D eigenvalue weighted by atomic mass is 10.0. The number of ketones is 1. The molecule has 2 aromatic heterocycles. The number of rotatable bonds is 5. The summed E-state index contributed by atoms with van der Waals surface area (Å²) in [6.45, 7) is 1.33. The molecule has 1 aromatic carbocycles. The van der Waals surface area contributed by atoms with Gasteiger partial charge < -0.3 is 15.7 Å². The normalized spacial score (nSPS) is 16.5. The highest BCUT2D eigenvalue weighted by atomic mass is 19.1. The molecule has 1 unspecified atom stereocenters. The molecule has 7 heteroatoms. The molecule has 3 aromatic rings. The predicted molar refractivity (Wildman–Crippen MR) is 114 cm³/mol. The first-order valence-electron chi connectivity index (χ1n) is 9.93. The average molecular weight is 406 g/mol. The highest BCUT2D eigenvalue weighted by Crippen LogP contribution is 2.27. The number of nitrogen functional groups attached to an aromatic ring is 1. The van der Waals surface area contributed by atoms with Gasteiger partial charge in [0.15, 0.2) is 5.78 Å². The summed E-state index contributed by atoms with van der Waals surface area (Å²) in [5.74, 6) is -0.677. The average Bonchev–Trinajstić information content (AvgIpc) is 2.75. The molecule has 30 heavy (non-hydrogen) atoms. The highest BCUT2D eigenvalue weighted by molar-refractivity contribution is 6.01. The van der Waals surface area contributed by atoms with E-state index in [0.29, 0.717) is 17.8 Å². The molecule has 3 N–H and O–H groups in total. The zero-order valence-corrected chi connectivity index (χ0v) is 16.5. The number of hydrogen-bond acceptors (Lipinski definition) is 6. The number of carbonyl (C=O) groups is 1. The first-order chi connectivity index (χ1) is 14.5. The summed E-state index contributed by atoms with van der Waals surface area (Å²) in [4.78, 5) is 23.7. The van der Waals surface area contributed by atoms with Gasteiger partial charge in [-0.3, -0.25) is 9.78 Å². The first kappa shape index (κ1) is 20.0. The van der Waals surface area contributed by atoms with Crippen molar-refractivity contribution in [2.75, 3.05) is 23.7 Å². The molecule has 1 atom stereocenters. The number of hydrogen-bond donors (Lipinski definition) is 2. The zero-order chi connectivity index (χ0) is 21.1. The topological polar surface area (TPSA) is 92.3 Å². The summed E-state index contributed by atoms with van der Waals surface area (Å²) in [5, 5.41) is 10.0. The van der Waals surface area contributed by atoms with Crippen LogP contribution < -0.4 is 10.6 Å². The molecule has 1 aliphatic rings. The Morgan fingerprint density at radius 3 is 2.87 bits per heavy atom. The Hall–Kier alpha value is -3.32. The van der Waals surface area contributed by atoms with Gasteiger partial charge in [0.05, 0.1) is 17.5 Å². The van der Waals surface area contributed by atoms with Crippen LogP contribution in [0.15, 0.2) is 54.9 Å². The third-order valence-corrected chi connectivity index (χ3v) is 5.31. The summed E-state index contributed by atoms with van der Waals surface area (Å²) in [5.41, 5.74) is 8.68. The number of nitrogens with zero attached hydrogens (tertiary/aromatic N) is 3. The molecule has 154 valence electrons. The van der Waals surface area contributed by atoms with E-state index in [1.54, 1.807) is 42.7 Å².